The molecule has 6 heteroatoms. The zero-order chi connectivity index (χ0) is 17.5. The van der Waals surface area contributed by atoms with E-state index in [1.54, 1.807) is 28.9 Å². The molecular formula is C18H25N3O3. The Morgan fingerprint density at radius 2 is 1.67 bits per heavy atom. The van der Waals surface area contributed by atoms with Gasteiger partial charge in [0.2, 0.25) is 5.91 Å². The minimum atomic E-state index is -0.757. The molecule has 24 heavy (non-hydrogen) atoms. The summed E-state index contributed by atoms with van der Waals surface area (Å²) in [6, 6.07) is 3.61. The quantitative estimate of drug-likeness (QED) is 0.838. The second kappa shape index (κ2) is 6.16. The molecule has 1 aromatic heterocycles. The van der Waals surface area contributed by atoms with Crippen molar-refractivity contribution in [3.8, 4) is 0 Å². The lowest BCUT2D eigenvalue weighted by molar-refractivity contribution is -0.143. The number of carbonyl (C=O) groups is 2. The van der Waals surface area contributed by atoms with Crippen molar-refractivity contribution in [1.29, 1.82) is 0 Å². The van der Waals surface area contributed by atoms with Crippen LogP contribution >= 0.6 is 0 Å². The van der Waals surface area contributed by atoms with Crippen LogP contribution in [-0.2, 0) is 4.79 Å². The average molecular weight is 331 g/mol. The summed E-state index contributed by atoms with van der Waals surface area (Å²) in [5.41, 5.74) is 1.54. The summed E-state index contributed by atoms with van der Waals surface area (Å²) in [6.45, 7) is 7.46. The van der Waals surface area contributed by atoms with Gasteiger partial charge in [0.15, 0.2) is 0 Å². The summed E-state index contributed by atoms with van der Waals surface area (Å²) in [7, 11) is 0. The molecule has 6 nitrogen and oxygen atoms in total. The van der Waals surface area contributed by atoms with Crippen LogP contribution in [0.2, 0.25) is 0 Å². The van der Waals surface area contributed by atoms with E-state index < -0.39 is 5.60 Å². The lowest BCUT2D eigenvalue weighted by Gasteiger charge is -2.50. The van der Waals surface area contributed by atoms with Gasteiger partial charge in [-0.2, -0.15) is 0 Å². The molecule has 0 aromatic carbocycles. The van der Waals surface area contributed by atoms with Crippen LogP contribution in [0.15, 0.2) is 12.1 Å². The largest absolute Gasteiger partial charge is 0.389 e. The Morgan fingerprint density at radius 3 is 2.25 bits per heavy atom. The van der Waals surface area contributed by atoms with E-state index in [0.29, 0.717) is 44.6 Å². The standard InChI is InChI=1S/C18H25N3O3/c1-12-8-15(9-13(2)19-12)17(23)21-7-5-18(24)4-6-20(14(3)22)10-16(18)11-21/h8-9,16,24H,4-7,10-11H2,1-3H3/t16-,18-/m0/s1. The van der Waals surface area contributed by atoms with Gasteiger partial charge in [-0.25, -0.2) is 0 Å². The number of aryl methyl sites for hydroxylation is 2. The van der Waals surface area contributed by atoms with Crippen LogP contribution in [0, 0.1) is 19.8 Å². The maximum Gasteiger partial charge on any atom is 0.253 e. The van der Waals surface area contributed by atoms with Gasteiger partial charge in [0.25, 0.3) is 5.91 Å². The number of pyridine rings is 1. The molecule has 2 aliphatic rings. The number of amides is 2. The topological polar surface area (TPSA) is 73.7 Å². The molecular weight excluding hydrogens is 306 g/mol. The van der Waals surface area contributed by atoms with Crippen molar-refractivity contribution in [2.45, 2.75) is 39.2 Å². The molecule has 0 bridgehead atoms. The molecule has 2 amide bonds. The average Bonchev–Trinajstić information content (AvgIpc) is 2.51. The third-order valence-corrected chi connectivity index (χ3v) is 5.33. The fraction of sp³-hybridized carbons (Fsp3) is 0.611. The van der Waals surface area contributed by atoms with E-state index in [-0.39, 0.29) is 17.7 Å². The first kappa shape index (κ1) is 16.9. The summed E-state index contributed by atoms with van der Waals surface area (Å²) in [4.78, 5) is 32.4. The smallest absolute Gasteiger partial charge is 0.253 e. The van der Waals surface area contributed by atoms with Crippen LogP contribution < -0.4 is 0 Å². The lowest BCUT2D eigenvalue weighted by Crippen LogP contribution is -2.61. The number of aromatic nitrogens is 1. The molecule has 0 radical (unpaired) electrons. The summed E-state index contributed by atoms with van der Waals surface area (Å²) < 4.78 is 0. The maximum absolute atomic E-state index is 12.8. The van der Waals surface area contributed by atoms with Crippen molar-refractivity contribution in [3.63, 3.8) is 0 Å². The molecule has 3 rings (SSSR count). The van der Waals surface area contributed by atoms with Gasteiger partial charge in [-0.1, -0.05) is 0 Å². The molecule has 0 saturated carbocycles. The fourth-order valence-electron chi connectivity index (χ4n) is 3.91. The molecule has 2 atom stereocenters. The van der Waals surface area contributed by atoms with Crippen molar-refractivity contribution in [3.05, 3.63) is 29.1 Å². The molecule has 130 valence electrons. The second-order valence-electron chi connectivity index (χ2n) is 7.16. The van der Waals surface area contributed by atoms with E-state index in [1.807, 2.05) is 13.8 Å². The number of hydrogen-bond donors (Lipinski definition) is 1. The Bertz CT molecular complexity index is 655. The van der Waals surface area contributed by atoms with E-state index in [0.717, 1.165) is 11.4 Å². The summed E-state index contributed by atoms with van der Waals surface area (Å²) in [6.07, 6.45) is 1.16. The van der Waals surface area contributed by atoms with Crippen LogP contribution in [0.3, 0.4) is 0 Å². The minimum absolute atomic E-state index is 0.0226. The molecule has 0 aliphatic carbocycles. The Labute approximate surface area is 142 Å². The van der Waals surface area contributed by atoms with E-state index in [2.05, 4.69) is 4.98 Å². The number of carbonyl (C=O) groups excluding carboxylic acids is 2. The predicted molar refractivity (Wildman–Crippen MR) is 89.5 cm³/mol. The van der Waals surface area contributed by atoms with Crippen LogP contribution in [0.1, 0.15) is 41.5 Å². The number of fused-ring (bicyclic) bond motifs is 1. The van der Waals surface area contributed by atoms with Gasteiger partial charge in [-0.15, -0.1) is 0 Å². The molecule has 3 heterocycles. The first-order chi connectivity index (χ1) is 11.3. The molecule has 2 fully saturated rings. The summed E-state index contributed by atoms with van der Waals surface area (Å²) in [5, 5.41) is 10.9. The van der Waals surface area contributed by atoms with Crippen LogP contribution in [-0.4, -0.2) is 63.5 Å². The minimum Gasteiger partial charge on any atom is -0.389 e. The van der Waals surface area contributed by atoms with Crippen molar-refractivity contribution in [2.75, 3.05) is 26.2 Å². The van der Waals surface area contributed by atoms with Gasteiger partial charge >= 0.3 is 0 Å². The summed E-state index contributed by atoms with van der Waals surface area (Å²) >= 11 is 0. The number of likely N-dealkylation sites (tertiary alicyclic amines) is 2. The zero-order valence-electron chi connectivity index (χ0n) is 14.6. The van der Waals surface area contributed by atoms with Gasteiger partial charge in [0.1, 0.15) is 0 Å². The normalized spacial score (nSPS) is 26.9. The maximum atomic E-state index is 12.8. The molecule has 0 spiro atoms. The van der Waals surface area contributed by atoms with E-state index >= 15 is 0 Å². The molecule has 0 unspecified atom stereocenters. The van der Waals surface area contributed by atoms with Gasteiger partial charge in [-0.05, 0) is 38.8 Å². The Morgan fingerprint density at radius 1 is 1.12 bits per heavy atom. The zero-order valence-corrected chi connectivity index (χ0v) is 14.6. The number of piperidine rings is 2. The second-order valence-corrected chi connectivity index (χ2v) is 7.16. The first-order valence-electron chi connectivity index (χ1n) is 8.51. The number of hydrogen-bond acceptors (Lipinski definition) is 4. The highest BCUT2D eigenvalue weighted by atomic mass is 16.3. The van der Waals surface area contributed by atoms with Gasteiger partial charge in [-0.3, -0.25) is 14.6 Å². The van der Waals surface area contributed by atoms with Crippen LogP contribution in [0.25, 0.3) is 0 Å². The highest BCUT2D eigenvalue weighted by molar-refractivity contribution is 5.94. The van der Waals surface area contributed by atoms with E-state index in [1.165, 1.54) is 0 Å². The van der Waals surface area contributed by atoms with Gasteiger partial charge in [0.05, 0.1) is 5.60 Å². The number of nitrogens with zero attached hydrogens (tertiary/aromatic N) is 3. The number of aliphatic hydroxyl groups is 1. The Balaban J connectivity index is 1.77. The molecule has 1 N–H and O–H groups in total. The van der Waals surface area contributed by atoms with E-state index in [4.69, 9.17) is 0 Å². The molecule has 2 saturated heterocycles. The number of rotatable bonds is 1. The SMILES string of the molecule is CC(=O)N1CC[C@]2(O)CCN(C(=O)c3cc(C)nc(C)c3)C[C@@H]2C1. The van der Waals surface area contributed by atoms with Crippen molar-refractivity contribution >= 4 is 11.8 Å². The third-order valence-electron chi connectivity index (χ3n) is 5.33. The van der Waals surface area contributed by atoms with Gasteiger partial charge < -0.3 is 14.9 Å². The van der Waals surface area contributed by atoms with Crippen molar-refractivity contribution < 1.29 is 14.7 Å². The van der Waals surface area contributed by atoms with Crippen molar-refractivity contribution in [1.82, 2.24) is 14.8 Å². The van der Waals surface area contributed by atoms with Crippen LogP contribution in [0.4, 0.5) is 0 Å². The highest BCUT2D eigenvalue weighted by Crippen LogP contribution is 2.35. The monoisotopic (exact) mass is 331 g/mol. The Kier molecular flexibility index (Phi) is 4.34. The molecule has 2 aliphatic heterocycles. The van der Waals surface area contributed by atoms with Gasteiger partial charge in [0, 0.05) is 56.0 Å². The van der Waals surface area contributed by atoms with Crippen molar-refractivity contribution in [2.24, 2.45) is 5.92 Å². The Hall–Kier alpha value is -1.95. The summed E-state index contributed by atoms with van der Waals surface area (Å²) in [5.74, 6) is -0.0802. The van der Waals surface area contributed by atoms with E-state index in [9.17, 15) is 14.7 Å². The molecule has 1 aromatic rings. The third kappa shape index (κ3) is 3.15. The lowest BCUT2D eigenvalue weighted by atomic mass is 9.75. The highest BCUT2D eigenvalue weighted by Gasteiger charge is 2.46. The fourth-order valence-corrected chi connectivity index (χ4v) is 3.91. The predicted octanol–water partition coefficient (Wildman–Crippen LogP) is 1.14. The first-order valence-corrected chi connectivity index (χ1v) is 8.51. The van der Waals surface area contributed by atoms with Crippen LogP contribution in [0.5, 0.6) is 0 Å².